The highest BCUT2D eigenvalue weighted by Gasteiger charge is 2.54. The number of rotatable bonds is 6. The van der Waals surface area contributed by atoms with Crippen molar-refractivity contribution in [2.45, 2.75) is 77.4 Å². The number of hydrogen-bond donors (Lipinski definition) is 2. The van der Waals surface area contributed by atoms with Gasteiger partial charge in [-0.05, 0) is 89.0 Å². The van der Waals surface area contributed by atoms with E-state index >= 15 is 0 Å². The molecule has 4 aliphatic carbocycles. The summed E-state index contributed by atoms with van der Waals surface area (Å²) in [6.45, 7) is 7.89. The minimum absolute atomic E-state index is 0.288. The van der Waals surface area contributed by atoms with Gasteiger partial charge < -0.3 is 10.4 Å². The molecule has 4 rings (SSSR count). The van der Waals surface area contributed by atoms with Crippen LogP contribution in [0.5, 0.6) is 0 Å². The van der Waals surface area contributed by atoms with Crippen molar-refractivity contribution in [2.24, 2.45) is 23.7 Å². The van der Waals surface area contributed by atoms with Crippen molar-refractivity contribution in [1.82, 2.24) is 5.32 Å². The molecular formula is C19H33NO. The van der Waals surface area contributed by atoms with Crippen LogP contribution in [0.4, 0.5) is 0 Å². The summed E-state index contributed by atoms with van der Waals surface area (Å²) in [4.78, 5) is 0. The summed E-state index contributed by atoms with van der Waals surface area (Å²) in [5.74, 6) is 3.05. The number of aliphatic hydroxyl groups is 1. The third-order valence-electron chi connectivity index (χ3n) is 6.15. The first-order valence-corrected chi connectivity index (χ1v) is 9.04. The normalized spacial score (nSPS) is 42.1. The molecule has 0 amide bonds. The van der Waals surface area contributed by atoms with Crippen LogP contribution in [0.15, 0.2) is 11.6 Å². The van der Waals surface area contributed by atoms with E-state index in [2.05, 4.69) is 32.2 Å². The Morgan fingerprint density at radius 2 is 1.90 bits per heavy atom. The molecule has 0 aliphatic heterocycles. The highest BCUT2D eigenvalue weighted by molar-refractivity contribution is 5.08. The van der Waals surface area contributed by atoms with Crippen LogP contribution in [0, 0.1) is 23.7 Å². The zero-order chi connectivity index (χ0) is 15.0. The first-order chi connectivity index (χ1) is 9.95. The molecule has 21 heavy (non-hydrogen) atoms. The van der Waals surface area contributed by atoms with Gasteiger partial charge in [0, 0.05) is 6.04 Å². The number of allylic oxidation sites excluding steroid dienone is 2. The molecular weight excluding hydrogens is 258 g/mol. The van der Waals surface area contributed by atoms with Crippen LogP contribution in [-0.4, -0.2) is 23.3 Å². The molecule has 4 bridgehead atoms. The fourth-order valence-corrected chi connectivity index (χ4v) is 5.41. The van der Waals surface area contributed by atoms with Crippen LogP contribution in [0.3, 0.4) is 0 Å². The summed E-state index contributed by atoms with van der Waals surface area (Å²) in [7, 11) is 0. The van der Waals surface area contributed by atoms with Gasteiger partial charge in [0.2, 0.25) is 0 Å². The molecule has 0 heterocycles. The zero-order valence-corrected chi connectivity index (χ0v) is 14.1. The van der Waals surface area contributed by atoms with E-state index in [-0.39, 0.29) is 5.60 Å². The Kier molecular flexibility index (Phi) is 4.47. The fourth-order valence-electron chi connectivity index (χ4n) is 5.41. The Bertz CT molecular complexity index is 382. The van der Waals surface area contributed by atoms with Gasteiger partial charge in [0.05, 0.1) is 5.60 Å². The lowest BCUT2D eigenvalue weighted by Gasteiger charge is -2.58. The lowest BCUT2D eigenvalue weighted by Crippen LogP contribution is -2.61. The third kappa shape index (κ3) is 3.53. The molecule has 4 fully saturated rings. The molecule has 120 valence electrons. The molecule has 3 unspecified atom stereocenters. The average molecular weight is 291 g/mol. The first-order valence-electron chi connectivity index (χ1n) is 9.04. The predicted octanol–water partition coefficient (Wildman–Crippen LogP) is 3.90. The largest absolute Gasteiger partial charge is 0.390 e. The molecule has 4 aliphatic rings. The van der Waals surface area contributed by atoms with E-state index in [4.69, 9.17) is 0 Å². The Hall–Kier alpha value is -0.340. The van der Waals surface area contributed by atoms with Crippen molar-refractivity contribution in [3.05, 3.63) is 11.6 Å². The van der Waals surface area contributed by atoms with E-state index in [9.17, 15) is 5.11 Å². The second-order valence-electron chi connectivity index (χ2n) is 8.59. The third-order valence-corrected chi connectivity index (χ3v) is 6.15. The number of hydrogen-bond acceptors (Lipinski definition) is 2. The van der Waals surface area contributed by atoms with Gasteiger partial charge in [-0.15, -0.1) is 0 Å². The molecule has 3 atom stereocenters. The standard InChI is InChI=1S/C19H33NO/c1-13(2)5-4-6-14(3)12-20-18-16-7-15-8-17(18)11-19(21,9-15)10-16/h5,14-18,20-21H,4,6-12H2,1-3H3. The Balaban J connectivity index is 1.47. The van der Waals surface area contributed by atoms with E-state index in [1.54, 1.807) is 0 Å². The van der Waals surface area contributed by atoms with Gasteiger partial charge in [-0.2, -0.15) is 0 Å². The van der Waals surface area contributed by atoms with E-state index in [0.717, 1.165) is 49.5 Å². The van der Waals surface area contributed by atoms with Crippen LogP contribution in [0.2, 0.25) is 0 Å². The maximum atomic E-state index is 10.6. The Morgan fingerprint density at radius 1 is 1.24 bits per heavy atom. The maximum Gasteiger partial charge on any atom is 0.0657 e. The molecule has 2 heteroatoms. The van der Waals surface area contributed by atoms with Gasteiger partial charge in [-0.25, -0.2) is 0 Å². The number of nitrogens with one attached hydrogen (secondary N) is 1. The van der Waals surface area contributed by atoms with Crippen molar-refractivity contribution in [3.63, 3.8) is 0 Å². The van der Waals surface area contributed by atoms with E-state index < -0.39 is 0 Å². The van der Waals surface area contributed by atoms with Gasteiger partial charge in [-0.1, -0.05) is 18.6 Å². The van der Waals surface area contributed by atoms with Crippen molar-refractivity contribution in [2.75, 3.05) is 6.54 Å². The second-order valence-corrected chi connectivity index (χ2v) is 8.59. The topological polar surface area (TPSA) is 32.3 Å². The van der Waals surface area contributed by atoms with Gasteiger partial charge in [0.15, 0.2) is 0 Å². The van der Waals surface area contributed by atoms with Crippen LogP contribution in [-0.2, 0) is 0 Å². The van der Waals surface area contributed by atoms with Crippen molar-refractivity contribution < 1.29 is 5.11 Å². The molecule has 2 N–H and O–H groups in total. The summed E-state index contributed by atoms with van der Waals surface area (Å²) < 4.78 is 0. The summed E-state index contributed by atoms with van der Waals surface area (Å²) in [6, 6.07) is 0.688. The summed E-state index contributed by atoms with van der Waals surface area (Å²) in [5, 5.41) is 14.5. The summed E-state index contributed by atoms with van der Waals surface area (Å²) in [6.07, 6.45) is 10.8. The molecule has 4 saturated carbocycles. The van der Waals surface area contributed by atoms with Crippen molar-refractivity contribution in [1.29, 1.82) is 0 Å². The van der Waals surface area contributed by atoms with Crippen LogP contribution >= 0.6 is 0 Å². The Morgan fingerprint density at radius 3 is 2.48 bits per heavy atom. The SMILES string of the molecule is CC(C)=CCCC(C)CNC1C2CC3CC1CC(O)(C3)C2. The van der Waals surface area contributed by atoms with Gasteiger partial charge in [0.25, 0.3) is 0 Å². The molecule has 0 radical (unpaired) electrons. The smallest absolute Gasteiger partial charge is 0.0657 e. The van der Waals surface area contributed by atoms with Gasteiger partial charge >= 0.3 is 0 Å². The van der Waals surface area contributed by atoms with Gasteiger partial charge in [0.1, 0.15) is 0 Å². The van der Waals surface area contributed by atoms with Gasteiger partial charge in [-0.3, -0.25) is 0 Å². The maximum absolute atomic E-state index is 10.6. The summed E-state index contributed by atoms with van der Waals surface area (Å²) >= 11 is 0. The lowest BCUT2D eigenvalue weighted by atomic mass is 9.52. The van der Waals surface area contributed by atoms with E-state index in [1.807, 2.05) is 0 Å². The average Bonchev–Trinajstić information content (AvgIpc) is 2.35. The molecule has 0 aromatic heterocycles. The highest BCUT2D eigenvalue weighted by atomic mass is 16.3. The molecule has 2 nitrogen and oxygen atoms in total. The lowest BCUT2D eigenvalue weighted by molar-refractivity contribution is -0.138. The monoisotopic (exact) mass is 291 g/mol. The minimum atomic E-state index is -0.288. The van der Waals surface area contributed by atoms with Crippen molar-refractivity contribution in [3.8, 4) is 0 Å². The first kappa shape index (κ1) is 15.6. The molecule has 0 aromatic carbocycles. The highest BCUT2D eigenvalue weighted by Crippen LogP contribution is 2.55. The summed E-state index contributed by atoms with van der Waals surface area (Å²) in [5.41, 5.74) is 1.15. The van der Waals surface area contributed by atoms with Crippen LogP contribution in [0.25, 0.3) is 0 Å². The van der Waals surface area contributed by atoms with Crippen LogP contribution in [0.1, 0.15) is 65.7 Å². The Labute approximate surface area is 130 Å². The van der Waals surface area contributed by atoms with E-state index in [0.29, 0.717) is 6.04 Å². The zero-order valence-electron chi connectivity index (χ0n) is 14.1. The van der Waals surface area contributed by atoms with E-state index in [1.165, 1.54) is 31.3 Å². The minimum Gasteiger partial charge on any atom is -0.390 e. The van der Waals surface area contributed by atoms with Crippen LogP contribution < -0.4 is 5.32 Å². The van der Waals surface area contributed by atoms with Crippen molar-refractivity contribution >= 4 is 0 Å². The quantitative estimate of drug-likeness (QED) is 0.728. The molecule has 0 spiro atoms. The predicted molar refractivity (Wildman–Crippen MR) is 88.1 cm³/mol. The fraction of sp³-hybridized carbons (Fsp3) is 0.895. The molecule has 0 aromatic rings. The second kappa shape index (κ2) is 6.04. The molecule has 0 saturated heterocycles.